The smallest absolute Gasteiger partial charge is 0.417 e. The van der Waals surface area contributed by atoms with Crippen LogP contribution in [-0.2, 0) is 15.7 Å². The predicted octanol–water partition coefficient (Wildman–Crippen LogP) is 6.25. The Morgan fingerprint density at radius 1 is 1.02 bits per heavy atom. The molecule has 4 aromatic rings. The fourth-order valence-corrected chi connectivity index (χ4v) is 6.85. The Bertz CT molecular complexity index is 1930. The van der Waals surface area contributed by atoms with Crippen LogP contribution in [0.1, 0.15) is 61.4 Å². The molecule has 2 unspecified atom stereocenters. The van der Waals surface area contributed by atoms with Gasteiger partial charge in [-0.1, -0.05) is 44.2 Å². The summed E-state index contributed by atoms with van der Waals surface area (Å²) in [6, 6.07) is 12.8. The van der Waals surface area contributed by atoms with Crippen LogP contribution in [0.25, 0.3) is 22.4 Å². The Balaban J connectivity index is 1.16. The molecular formula is C38H43F3N8O4. The number of aromatic nitrogens is 3. The Kier molecular flexibility index (Phi) is 11.0. The Labute approximate surface area is 305 Å². The lowest BCUT2D eigenvalue weighted by Crippen LogP contribution is -2.51. The number of alkyl carbamates (subject to hydrolysis) is 1. The van der Waals surface area contributed by atoms with Crippen molar-refractivity contribution in [2.75, 3.05) is 43.5 Å². The zero-order chi connectivity index (χ0) is 37.9. The van der Waals surface area contributed by atoms with Gasteiger partial charge in [-0.25, -0.2) is 14.8 Å². The van der Waals surface area contributed by atoms with Gasteiger partial charge in [0.1, 0.15) is 17.7 Å². The first kappa shape index (κ1) is 37.3. The molecule has 2 saturated heterocycles. The quantitative estimate of drug-likeness (QED) is 0.158. The highest BCUT2D eigenvalue weighted by atomic mass is 19.4. The second kappa shape index (κ2) is 15.7. The number of nitrogens with zero attached hydrogens (tertiary/aromatic N) is 4. The van der Waals surface area contributed by atoms with E-state index in [2.05, 4.69) is 37.7 Å². The second-order valence-corrected chi connectivity index (χ2v) is 13.7. The zero-order valence-electron chi connectivity index (χ0n) is 30.0. The number of carbonyl (C=O) groups is 3. The molecule has 280 valence electrons. The Hall–Kier alpha value is -5.44. The summed E-state index contributed by atoms with van der Waals surface area (Å²) in [4.78, 5) is 54.6. The number of hydrogen-bond acceptors (Lipinski definition) is 8. The maximum absolute atomic E-state index is 14.4. The summed E-state index contributed by atoms with van der Waals surface area (Å²) < 4.78 is 47.9. The summed E-state index contributed by atoms with van der Waals surface area (Å²) in [7, 11) is 1.24. The fourth-order valence-electron chi connectivity index (χ4n) is 6.85. The van der Waals surface area contributed by atoms with Crippen LogP contribution in [0.3, 0.4) is 0 Å². The number of ether oxygens (including phenoxy) is 1. The fraction of sp³-hybridized carbons (Fsp3) is 0.395. The number of piperazine rings is 1. The largest absolute Gasteiger partial charge is 0.453 e. The van der Waals surface area contributed by atoms with Gasteiger partial charge in [0, 0.05) is 55.9 Å². The summed E-state index contributed by atoms with van der Waals surface area (Å²) in [5.74, 6) is 0.343. The van der Waals surface area contributed by atoms with Crippen molar-refractivity contribution in [1.29, 1.82) is 0 Å². The zero-order valence-corrected chi connectivity index (χ0v) is 30.0. The molecule has 15 heteroatoms. The van der Waals surface area contributed by atoms with Crippen LogP contribution in [0.2, 0.25) is 0 Å². The Morgan fingerprint density at radius 2 is 1.77 bits per heavy atom. The monoisotopic (exact) mass is 732 g/mol. The van der Waals surface area contributed by atoms with E-state index in [1.54, 1.807) is 47.5 Å². The van der Waals surface area contributed by atoms with Crippen molar-refractivity contribution in [3.8, 4) is 22.4 Å². The van der Waals surface area contributed by atoms with E-state index in [9.17, 15) is 27.6 Å². The molecular weight excluding hydrogens is 689 g/mol. The lowest BCUT2D eigenvalue weighted by atomic mass is 9.97. The lowest BCUT2D eigenvalue weighted by Gasteiger charge is -2.34. The summed E-state index contributed by atoms with van der Waals surface area (Å²) in [5, 5.41) is 8.53. The van der Waals surface area contributed by atoms with Gasteiger partial charge in [0.25, 0.3) is 5.91 Å². The molecule has 3 amide bonds. The normalized spacial score (nSPS) is 18.2. The first-order valence-electron chi connectivity index (χ1n) is 17.6. The van der Waals surface area contributed by atoms with Gasteiger partial charge in [0.05, 0.1) is 30.0 Å². The topological polar surface area (TPSA) is 145 Å². The molecule has 4 N–H and O–H groups in total. The van der Waals surface area contributed by atoms with Crippen LogP contribution in [0, 0.1) is 5.92 Å². The van der Waals surface area contributed by atoms with Gasteiger partial charge in [0.2, 0.25) is 5.91 Å². The molecule has 6 rings (SSSR count). The number of imidazole rings is 1. The van der Waals surface area contributed by atoms with Crippen molar-refractivity contribution in [2.24, 2.45) is 5.92 Å². The predicted molar refractivity (Wildman–Crippen MR) is 194 cm³/mol. The highest BCUT2D eigenvalue weighted by Gasteiger charge is 2.38. The van der Waals surface area contributed by atoms with Crippen molar-refractivity contribution in [1.82, 2.24) is 30.5 Å². The average molecular weight is 733 g/mol. The van der Waals surface area contributed by atoms with Crippen LogP contribution in [-0.4, -0.2) is 83.1 Å². The van der Waals surface area contributed by atoms with E-state index < -0.39 is 29.8 Å². The molecule has 2 aliphatic heterocycles. The van der Waals surface area contributed by atoms with Crippen LogP contribution >= 0.6 is 0 Å². The second-order valence-electron chi connectivity index (χ2n) is 13.7. The van der Waals surface area contributed by atoms with Gasteiger partial charge in [-0.2, -0.15) is 13.2 Å². The molecule has 0 radical (unpaired) electrons. The number of anilines is 2. The maximum Gasteiger partial charge on any atom is 0.417 e. The van der Waals surface area contributed by atoms with Gasteiger partial charge in [-0.05, 0) is 61.1 Å². The number of alkyl halides is 3. The van der Waals surface area contributed by atoms with E-state index in [0.29, 0.717) is 35.6 Å². The first-order chi connectivity index (χ1) is 25.3. The SMILES string of the molecule is COC(=O)N[C@H](C(=O)N1CCCC1c1nc(-c2ccc(-c3ccc(NC(=O)c4ccc(N5CCNCC5C)nc4)cc3C(F)(F)F)cc2)c[nH]1)C(C)C. The molecule has 4 heterocycles. The molecule has 2 aliphatic rings. The summed E-state index contributed by atoms with van der Waals surface area (Å²) in [6.45, 7) is 8.69. The number of carbonyl (C=O) groups excluding carboxylic acids is 3. The van der Waals surface area contributed by atoms with E-state index in [1.807, 2.05) is 13.8 Å². The average Bonchev–Trinajstić information content (AvgIpc) is 3.84. The lowest BCUT2D eigenvalue weighted by molar-refractivity contribution is -0.137. The molecule has 2 aromatic carbocycles. The molecule has 0 saturated carbocycles. The standard InChI is InChI=1S/C38H43F3N8O4/c1-22(2)33(47-37(52)53-4)36(51)49-16-5-6-31(49)34-44-21-30(46-34)25-9-7-24(8-10-25)28-13-12-27(18-29(28)38(39,40)41)45-35(50)26-11-14-32(43-20-26)48-17-15-42-19-23(48)3/h7-14,18,20-23,31,33,42H,5-6,15-17,19H2,1-4H3,(H,44,46)(H,45,50)(H,47,52)/t23?,31?,33-/m0/s1. The van der Waals surface area contributed by atoms with E-state index in [1.165, 1.54) is 25.4 Å². The van der Waals surface area contributed by atoms with Gasteiger partial charge < -0.3 is 35.5 Å². The number of nitrogens with one attached hydrogen (secondary N) is 4. The van der Waals surface area contributed by atoms with Crippen molar-refractivity contribution < 1.29 is 32.3 Å². The number of H-pyrrole nitrogens is 1. The number of halogens is 3. The third-order valence-electron chi connectivity index (χ3n) is 9.72. The van der Waals surface area contributed by atoms with Crippen LogP contribution in [0.5, 0.6) is 0 Å². The molecule has 0 bridgehead atoms. The van der Waals surface area contributed by atoms with E-state index in [4.69, 9.17) is 9.72 Å². The van der Waals surface area contributed by atoms with Gasteiger partial charge in [-0.3, -0.25) is 9.59 Å². The molecule has 0 spiro atoms. The molecule has 0 aliphatic carbocycles. The number of pyridine rings is 1. The highest BCUT2D eigenvalue weighted by molar-refractivity contribution is 6.04. The number of benzene rings is 2. The minimum Gasteiger partial charge on any atom is -0.453 e. The van der Waals surface area contributed by atoms with Crippen molar-refractivity contribution in [3.63, 3.8) is 0 Å². The minimum atomic E-state index is -4.69. The van der Waals surface area contributed by atoms with E-state index in [-0.39, 0.29) is 40.7 Å². The third-order valence-corrected chi connectivity index (χ3v) is 9.72. The van der Waals surface area contributed by atoms with Gasteiger partial charge in [0.15, 0.2) is 0 Å². The molecule has 2 aromatic heterocycles. The molecule has 53 heavy (non-hydrogen) atoms. The minimum absolute atomic E-state index is 0.00628. The summed E-state index contributed by atoms with van der Waals surface area (Å²) >= 11 is 0. The number of amides is 3. The van der Waals surface area contributed by atoms with Crippen molar-refractivity contribution in [2.45, 2.75) is 57.9 Å². The molecule has 12 nitrogen and oxygen atoms in total. The molecule has 2 fully saturated rings. The van der Waals surface area contributed by atoms with Crippen LogP contribution in [0.4, 0.5) is 29.5 Å². The maximum atomic E-state index is 14.4. The number of rotatable bonds is 9. The van der Waals surface area contributed by atoms with Gasteiger partial charge >= 0.3 is 12.3 Å². The van der Waals surface area contributed by atoms with Crippen molar-refractivity contribution in [3.05, 3.63) is 83.9 Å². The number of methoxy groups -OCH3 is 1. The third kappa shape index (κ3) is 8.30. The first-order valence-corrected chi connectivity index (χ1v) is 17.6. The summed E-state index contributed by atoms with van der Waals surface area (Å²) in [6.07, 6.45) is -0.812. The van der Waals surface area contributed by atoms with E-state index in [0.717, 1.165) is 37.9 Å². The van der Waals surface area contributed by atoms with Gasteiger partial charge in [-0.15, -0.1) is 0 Å². The van der Waals surface area contributed by atoms with Crippen LogP contribution in [0.15, 0.2) is 67.0 Å². The van der Waals surface area contributed by atoms with Crippen LogP contribution < -0.4 is 20.9 Å². The number of likely N-dealkylation sites (tertiary alicyclic amines) is 1. The Morgan fingerprint density at radius 3 is 2.43 bits per heavy atom. The molecule has 3 atom stereocenters. The number of hydrogen-bond donors (Lipinski definition) is 4. The highest BCUT2D eigenvalue weighted by Crippen LogP contribution is 2.39. The summed E-state index contributed by atoms with van der Waals surface area (Å²) in [5.41, 5.74) is 0.878. The van der Waals surface area contributed by atoms with Crippen molar-refractivity contribution >= 4 is 29.4 Å². The number of aromatic amines is 1. The van der Waals surface area contributed by atoms with E-state index >= 15 is 0 Å².